The molecule has 4 nitrogen and oxygen atoms in total. The number of amides is 1. The van der Waals surface area contributed by atoms with E-state index in [1.54, 1.807) is 7.11 Å². The van der Waals surface area contributed by atoms with Gasteiger partial charge in [-0.05, 0) is 48.6 Å². The quantitative estimate of drug-likeness (QED) is 0.795. The number of hydrogen-bond donors (Lipinski definition) is 1. The maximum Gasteiger partial charge on any atom is 0.290 e. The van der Waals surface area contributed by atoms with Gasteiger partial charge in [0.15, 0.2) is 12.4 Å². The van der Waals surface area contributed by atoms with E-state index >= 15 is 0 Å². The van der Waals surface area contributed by atoms with Crippen LogP contribution in [0.25, 0.3) is 0 Å². The van der Waals surface area contributed by atoms with E-state index < -0.39 is 0 Å². The summed E-state index contributed by atoms with van der Waals surface area (Å²) >= 11 is 0. The zero-order valence-electron chi connectivity index (χ0n) is 14.1. The van der Waals surface area contributed by atoms with Gasteiger partial charge < -0.3 is 10.1 Å². The smallest absolute Gasteiger partial charge is 0.290 e. The van der Waals surface area contributed by atoms with Gasteiger partial charge in [0, 0.05) is 17.8 Å². The Hall–Kier alpha value is -2.36. The van der Waals surface area contributed by atoms with Gasteiger partial charge in [-0.2, -0.15) is 4.57 Å². The third kappa shape index (κ3) is 4.81. The second kappa shape index (κ2) is 8.32. The monoisotopic (exact) mass is 313 g/mol. The van der Waals surface area contributed by atoms with E-state index in [1.807, 2.05) is 41.2 Å². The summed E-state index contributed by atoms with van der Waals surface area (Å²) in [4.78, 5) is 12.1. The van der Waals surface area contributed by atoms with Crippen LogP contribution in [0.2, 0.25) is 0 Å². The van der Waals surface area contributed by atoms with E-state index in [0.717, 1.165) is 24.3 Å². The van der Waals surface area contributed by atoms with Crippen LogP contribution in [0, 0.1) is 0 Å². The van der Waals surface area contributed by atoms with E-state index in [1.165, 1.54) is 5.56 Å². The molecule has 0 aliphatic heterocycles. The lowest BCUT2D eigenvalue weighted by Crippen LogP contribution is -2.39. The molecule has 2 rings (SSSR count). The number of ether oxygens (including phenoxy) is 1. The molecule has 0 spiro atoms. The molecule has 0 saturated carbocycles. The Balaban J connectivity index is 1.94. The summed E-state index contributed by atoms with van der Waals surface area (Å²) in [5.74, 6) is 1.32. The zero-order valence-corrected chi connectivity index (χ0v) is 14.1. The predicted molar refractivity (Wildman–Crippen MR) is 91.6 cm³/mol. The standard InChI is InChI=1S/C19H24N2O2/c1-4-15(5-2)16-10-12-21(13-11-16)14-19(22)20-17-6-8-18(23-3)9-7-17/h6-13,15H,4-5,14H2,1-3H3/p+1. The highest BCUT2D eigenvalue weighted by Gasteiger charge is 2.12. The van der Waals surface area contributed by atoms with Crippen molar-refractivity contribution in [2.75, 3.05) is 12.4 Å². The molecule has 2 aromatic rings. The summed E-state index contributed by atoms with van der Waals surface area (Å²) in [5, 5.41) is 2.89. The second-order valence-corrected chi connectivity index (χ2v) is 5.59. The lowest BCUT2D eigenvalue weighted by molar-refractivity contribution is -0.684. The molecule has 0 bridgehead atoms. The average Bonchev–Trinajstić information content (AvgIpc) is 2.58. The molecular formula is C19H25N2O2+. The Morgan fingerprint density at radius 1 is 1.09 bits per heavy atom. The fourth-order valence-corrected chi connectivity index (χ4v) is 2.65. The molecular weight excluding hydrogens is 288 g/mol. The predicted octanol–water partition coefficient (Wildman–Crippen LogP) is 3.53. The fourth-order valence-electron chi connectivity index (χ4n) is 2.65. The molecule has 1 heterocycles. The van der Waals surface area contributed by atoms with Crippen LogP contribution in [0.5, 0.6) is 5.75 Å². The minimum absolute atomic E-state index is 0.0459. The first kappa shape index (κ1) is 17.0. The summed E-state index contributed by atoms with van der Waals surface area (Å²) < 4.78 is 7.00. The van der Waals surface area contributed by atoms with Crippen molar-refractivity contribution in [2.24, 2.45) is 0 Å². The molecule has 0 aliphatic rings. The van der Waals surface area contributed by atoms with Crippen molar-refractivity contribution in [1.82, 2.24) is 0 Å². The molecule has 23 heavy (non-hydrogen) atoms. The minimum Gasteiger partial charge on any atom is -0.497 e. The normalized spacial score (nSPS) is 10.6. The number of nitrogens with one attached hydrogen (secondary N) is 1. The van der Waals surface area contributed by atoms with Crippen LogP contribution < -0.4 is 14.6 Å². The number of rotatable bonds is 7. The number of carbonyl (C=O) groups excluding carboxylic acids is 1. The van der Waals surface area contributed by atoms with Gasteiger partial charge in [-0.1, -0.05) is 13.8 Å². The van der Waals surface area contributed by atoms with Crippen LogP contribution in [0.3, 0.4) is 0 Å². The lowest BCUT2D eigenvalue weighted by atomic mass is 9.95. The van der Waals surface area contributed by atoms with Gasteiger partial charge in [0.1, 0.15) is 5.75 Å². The summed E-state index contributed by atoms with van der Waals surface area (Å²) in [7, 11) is 1.62. The van der Waals surface area contributed by atoms with Crippen molar-refractivity contribution in [3.63, 3.8) is 0 Å². The van der Waals surface area contributed by atoms with Gasteiger partial charge in [-0.15, -0.1) is 0 Å². The summed E-state index contributed by atoms with van der Waals surface area (Å²) in [6.07, 6.45) is 6.22. The fraction of sp³-hybridized carbons (Fsp3) is 0.368. The Bertz CT molecular complexity index is 617. The van der Waals surface area contributed by atoms with Crippen LogP contribution in [0.4, 0.5) is 5.69 Å². The topological polar surface area (TPSA) is 42.2 Å². The van der Waals surface area contributed by atoms with Gasteiger partial charge in [0.2, 0.25) is 6.54 Å². The SMILES string of the molecule is CCC(CC)c1cc[n+](CC(=O)Nc2ccc(OC)cc2)cc1. The third-order valence-corrected chi connectivity index (χ3v) is 4.07. The van der Waals surface area contributed by atoms with E-state index in [4.69, 9.17) is 4.74 Å². The van der Waals surface area contributed by atoms with Gasteiger partial charge in [-0.25, -0.2) is 0 Å². The molecule has 4 heteroatoms. The number of anilines is 1. The number of benzene rings is 1. The van der Waals surface area contributed by atoms with Crippen molar-refractivity contribution in [3.05, 3.63) is 54.4 Å². The second-order valence-electron chi connectivity index (χ2n) is 5.59. The van der Waals surface area contributed by atoms with E-state index in [9.17, 15) is 4.79 Å². The maximum atomic E-state index is 12.1. The number of hydrogen-bond acceptors (Lipinski definition) is 2. The van der Waals surface area contributed by atoms with Crippen molar-refractivity contribution in [1.29, 1.82) is 0 Å². The molecule has 0 aliphatic carbocycles. The van der Waals surface area contributed by atoms with E-state index in [-0.39, 0.29) is 5.91 Å². The summed E-state index contributed by atoms with van der Waals surface area (Å²) in [6.45, 7) is 4.71. The third-order valence-electron chi connectivity index (χ3n) is 4.07. The number of methoxy groups -OCH3 is 1. The number of nitrogens with zero attached hydrogens (tertiary/aromatic N) is 1. The van der Waals surface area contributed by atoms with Gasteiger partial charge >= 0.3 is 0 Å². The highest BCUT2D eigenvalue weighted by Crippen LogP contribution is 2.21. The molecule has 0 radical (unpaired) electrons. The number of carbonyl (C=O) groups is 1. The Morgan fingerprint density at radius 2 is 1.70 bits per heavy atom. The average molecular weight is 313 g/mol. The van der Waals surface area contributed by atoms with Crippen molar-refractivity contribution < 1.29 is 14.1 Å². The summed E-state index contributed by atoms with van der Waals surface area (Å²) in [5.41, 5.74) is 2.10. The van der Waals surface area contributed by atoms with Crippen LogP contribution in [0.1, 0.15) is 38.2 Å². The maximum absolute atomic E-state index is 12.1. The van der Waals surface area contributed by atoms with Gasteiger partial charge in [0.05, 0.1) is 7.11 Å². The van der Waals surface area contributed by atoms with Crippen LogP contribution in [0.15, 0.2) is 48.8 Å². The first-order valence-corrected chi connectivity index (χ1v) is 8.09. The van der Waals surface area contributed by atoms with Crippen LogP contribution in [-0.4, -0.2) is 13.0 Å². The Labute approximate surface area is 138 Å². The number of aromatic nitrogens is 1. The van der Waals surface area contributed by atoms with E-state index in [0.29, 0.717) is 12.5 Å². The molecule has 1 aromatic carbocycles. The van der Waals surface area contributed by atoms with Crippen molar-refractivity contribution in [2.45, 2.75) is 39.2 Å². The number of pyridine rings is 1. The van der Waals surface area contributed by atoms with Gasteiger partial charge in [0.25, 0.3) is 5.91 Å². The first-order valence-electron chi connectivity index (χ1n) is 8.09. The van der Waals surface area contributed by atoms with Crippen LogP contribution in [-0.2, 0) is 11.3 Å². The summed E-state index contributed by atoms with van der Waals surface area (Å²) in [6, 6.07) is 11.5. The molecule has 1 aromatic heterocycles. The zero-order chi connectivity index (χ0) is 16.7. The highest BCUT2D eigenvalue weighted by molar-refractivity contribution is 5.89. The molecule has 1 amide bonds. The lowest BCUT2D eigenvalue weighted by Gasteiger charge is -2.11. The van der Waals surface area contributed by atoms with Crippen molar-refractivity contribution >= 4 is 11.6 Å². The molecule has 0 saturated heterocycles. The minimum atomic E-state index is -0.0459. The Morgan fingerprint density at radius 3 is 2.22 bits per heavy atom. The Kier molecular flexibility index (Phi) is 6.15. The highest BCUT2D eigenvalue weighted by atomic mass is 16.5. The first-order chi connectivity index (χ1) is 11.2. The molecule has 1 N–H and O–H groups in total. The van der Waals surface area contributed by atoms with E-state index in [2.05, 4.69) is 31.3 Å². The van der Waals surface area contributed by atoms with Crippen molar-refractivity contribution in [3.8, 4) is 5.75 Å². The molecule has 0 atom stereocenters. The van der Waals surface area contributed by atoms with Gasteiger partial charge in [-0.3, -0.25) is 4.79 Å². The largest absolute Gasteiger partial charge is 0.497 e. The molecule has 0 fully saturated rings. The molecule has 122 valence electrons. The molecule has 0 unspecified atom stereocenters. The van der Waals surface area contributed by atoms with Crippen LogP contribution >= 0.6 is 0 Å².